The highest BCUT2D eigenvalue weighted by Crippen LogP contribution is 2.35. The monoisotopic (exact) mass is 249 g/mol. The summed E-state index contributed by atoms with van der Waals surface area (Å²) in [7, 11) is 0. The Kier molecular flexibility index (Phi) is 2.91. The van der Waals surface area contributed by atoms with Gasteiger partial charge in [-0.15, -0.1) is 0 Å². The molecule has 1 aromatic carbocycles. The zero-order valence-electron chi connectivity index (χ0n) is 10.8. The van der Waals surface area contributed by atoms with Crippen molar-refractivity contribution in [3.63, 3.8) is 0 Å². The molecule has 0 spiro atoms. The maximum absolute atomic E-state index is 13.1. The van der Waals surface area contributed by atoms with E-state index in [2.05, 4.69) is 4.90 Å². The topological polar surface area (TPSA) is 23.5 Å². The van der Waals surface area contributed by atoms with Crippen molar-refractivity contribution in [2.24, 2.45) is 0 Å². The molecule has 1 unspecified atom stereocenters. The lowest BCUT2D eigenvalue weighted by molar-refractivity contribution is 0.0485. The molecule has 18 heavy (non-hydrogen) atoms. The summed E-state index contributed by atoms with van der Waals surface area (Å²) in [5.41, 5.74) is 1.38. The molecular weight excluding hydrogens is 229 g/mol. The van der Waals surface area contributed by atoms with Gasteiger partial charge in [0.15, 0.2) is 0 Å². The van der Waals surface area contributed by atoms with E-state index in [1.807, 2.05) is 13.0 Å². The standard InChI is InChI=1S/C15H20FNO/c1-11-8-13(16)3-2-12(11)9-15(18)6-7-17(10-15)14-4-5-14/h2-3,8,14,18H,4-7,9-10H2,1H3. The number of halogens is 1. The summed E-state index contributed by atoms with van der Waals surface area (Å²) in [5, 5.41) is 10.7. The van der Waals surface area contributed by atoms with Crippen LogP contribution < -0.4 is 0 Å². The lowest BCUT2D eigenvalue weighted by Gasteiger charge is -2.24. The van der Waals surface area contributed by atoms with Crippen molar-refractivity contribution < 1.29 is 9.50 Å². The lowest BCUT2D eigenvalue weighted by Crippen LogP contribution is -2.36. The van der Waals surface area contributed by atoms with Crippen LogP contribution in [0.3, 0.4) is 0 Å². The molecule has 2 aliphatic rings. The summed E-state index contributed by atoms with van der Waals surface area (Å²) >= 11 is 0. The molecule has 0 amide bonds. The summed E-state index contributed by atoms with van der Waals surface area (Å²) in [5.74, 6) is -0.200. The van der Waals surface area contributed by atoms with E-state index in [9.17, 15) is 9.50 Å². The second kappa shape index (κ2) is 4.32. The average molecular weight is 249 g/mol. The molecule has 1 atom stereocenters. The van der Waals surface area contributed by atoms with Gasteiger partial charge in [-0.1, -0.05) is 6.07 Å². The second-order valence-electron chi connectivity index (χ2n) is 5.92. The number of hydrogen-bond donors (Lipinski definition) is 1. The van der Waals surface area contributed by atoms with Crippen molar-refractivity contribution in [3.8, 4) is 0 Å². The maximum Gasteiger partial charge on any atom is 0.123 e. The predicted octanol–water partition coefficient (Wildman–Crippen LogP) is 2.28. The minimum absolute atomic E-state index is 0.200. The van der Waals surface area contributed by atoms with E-state index < -0.39 is 5.60 Å². The molecule has 1 aliphatic carbocycles. The van der Waals surface area contributed by atoms with Crippen molar-refractivity contribution in [1.82, 2.24) is 4.90 Å². The fourth-order valence-electron chi connectivity index (χ4n) is 3.00. The first-order chi connectivity index (χ1) is 8.56. The Labute approximate surface area is 107 Å². The number of rotatable bonds is 3. The number of benzene rings is 1. The van der Waals surface area contributed by atoms with Gasteiger partial charge in [0.2, 0.25) is 0 Å². The molecule has 1 N–H and O–H groups in total. The van der Waals surface area contributed by atoms with E-state index in [-0.39, 0.29) is 5.82 Å². The van der Waals surface area contributed by atoms with Gasteiger partial charge in [-0.05, 0) is 49.4 Å². The van der Waals surface area contributed by atoms with Crippen molar-refractivity contribution in [3.05, 3.63) is 35.1 Å². The number of β-amino-alcohol motifs (C(OH)–C–C–N with tert-alkyl or cyclic N) is 1. The van der Waals surface area contributed by atoms with Crippen molar-refractivity contribution in [2.45, 2.75) is 44.2 Å². The number of nitrogens with zero attached hydrogens (tertiary/aromatic N) is 1. The van der Waals surface area contributed by atoms with Crippen LogP contribution in [0.1, 0.15) is 30.4 Å². The van der Waals surface area contributed by atoms with Crippen LogP contribution in [-0.2, 0) is 6.42 Å². The molecular formula is C15H20FNO. The maximum atomic E-state index is 13.1. The van der Waals surface area contributed by atoms with Crippen LogP contribution in [0.15, 0.2) is 18.2 Å². The molecule has 2 nitrogen and oxygen atoms in total. The molecule has 1 aromatic rings. The molecule has 1 heterocycles. The van der Waals surface area contributed by atoms with Crippen LogP contribution in [0.5, 0.6) is 0 Å². The predicted molar refractivity (Wildman–Crippen MR) is 69.0 cm³/mol. The van der Waals surface area contributed by atoms with Crippen LogP contribution in [0, 0.1) is 12.7 Å². The van der Waals surface area contributed by atoms with Gasteiger partial charge in [-0.25, -0.2) is 4.39 Å². The van der Waals surface area contributed by atoms with E-state index in [1.165, 1.54) is 18.9 Å². The molecule has 0 aromatic heterocycles. The molecule has 1 saturated carbocycles. The average Bonchev–Trinajstić information content (AvgIpc) is 3.08. The second-order valence-corrected chi connectivity index (χ2v) is 5.92. The van der Waals surface area contributed by atoms with E-state index in [0.29, 0.717) is 12.5 Å². The normalized spacial score (nSPS) is 28.8. The van der Waals surface area contributed by atoms with Gasteiger partial charge in [0.25, 0.3) is 0 Å². The third-order valence-electron chi connectivity index (χ3n) is 4.25. The zero-order chi connectivity index (χ0) is 12.8. The van der Waals surface area contributed by atoms with Crippen molar-refractivity contribution in [2.75, 3.05) is 13.1 Å². The summed E-state index contributed by atoms with van der Waals surface area (Å²) in [4.78, 5) is 2.40. The molecule has 98 valence electrons. The fraction of sp³-hybridized carbons (Fsp3) is 0.600. The quantitative estimate of drug-likeness (QED) is 0.888. The Hall–Kier alpha value is -0.930. The largest absolute Gasteiger partial charge is 0.388 e. The Bertz CT molecular complexity index is 458. The van der Waals surface area contributed by atoms with Gasteiger partial charge in [-0.2, -0.15) is 0 Å². The summed E-state index contributed by atoms with van der Waals surface area (Å²) in [6.07, 6.45) is 4.04. The van der Waals surface area contributed by atoms with Crippen LogP contribution >= 0.6 is 0 Å². The number of hydrogen-bond acceptors (Lipinski definition) is 2. The number of likely N-dealkylation sites (tertiary alicyclic amines) is 1. The summed E-state index contributed by atoms with van der Waals surface area (Å²) in [6, 6.07) is 5.56. The highest BCUT2D eigenvalue weighted by molar-refractivity contribution is 5.28. The first kappa shape index (κ1) is 12.1. The first-order valence-corrected chi connectivity index (χ1v) is 6.77. The molecule has 1 saturated heterocycles. The highest BCUT2D eigenvalue weighted by Gasteiger charge is 2.42. The van der Waals surface area contributed by atoms with Gasteiger partial charge >= 0.3 is 0 Å². The van der Waals surface area contributed by atoms with Gasteiger partial charge in [-0.3, -0.25) is 4.90 Å². The molecule has 0 radical (unpaired) electrons. The molecule has 1 aliphatic heterocycles. The molecule has 0 bridgehead atoms. The van der Waals surface area contributed by atoms with Crippen LogP contribution in [-0.4, -0.2) is 34.7 Å². The lowest BCUT2D eigenvalue weighted by atomic mass is 9.91. The van der Waals surface area contributed by atoms with Gasteiger partial charge in [0, 0.05) is 25.6 Å². The zero-order valence-corrected chi connectivity index (χ0v) is 10.8. The van der Waals surface area contributed by atoms with Crippen LogP contribution in [0.25, 0.3) is 0 Å². The number of aryl methyl sites for hydroxylation is 1. The first-order valence-electron chi connectivity index (χ1n) is 6.77. The molecule has 3 heteroatoms. The van der Waals surface area contributed by atoms with Crippen LogP contribution in [0.4, 0.5) is 4.39 Å². The minimum atomic E-state index is -0.620. The van der Waals surface area contributed by atoms with Gasteiger partial charge in [0.1, 0.15) is 5.82 Å². The SMILES string of the molecule is Cc1cc(F)ccc1CC1(O)CCN(C2CC2)C1. The highest BCUT2D eigenvalue weighted by atomic mass is 19.1. The Morgan fingerprint density at radius 2 is 2.22 bits per heavy atom. The van der Waals surface area contributed by atoms with Crippen LogP contribution in [0.2, 0.25) is 0 Å². The third kappa shape index (κ3) is 2.43. The van der Waals surface area contributed by atoms with E-state index in [1.54, 1.807) is 6.07 Å². The van der Waals surface area contributed by atoms with Gasteiger partial charge < -0.3 is 5.11 Å². The third-order valence-corrected chi connectivity index (χ3v) is 4.25. The Balaban J connectivity index is 1.71. The Morgan fingerprint density at radius 3 is 2.89 bits per heavy atom. The number of aliphatic hydroxyl groups is 1. The van der Waals surface area contributed by atoms with Crippen molar-refractivity contribution in [1.29, 1.82) is 0 Å². The summed E-state index contributed by atoms with van der Waals surface area (Å²) < 4.78 is 13.1. The minimum Gasteiger partial charge on any atom is -0.388 e. The smallest absolute Gasteiger partial charge is 0.123 e. The van der Waals surface area contributed by atoms with E-state index in [0.717, 1.165) is 30.6 Å². The molecule has 3 rings (SSSR count). The molecule has 2 fully saturated rings. The van der Waals surface area contributed by atoms with Gasteiger partial charge in [0.05, 0.1) is 5.60 Å². The van der Waals surface area contributed by atoms with E-state index >= 15 is 0 Å². The summed E-state index contributed by atoms with van der Waals surface area (Å²) in [6.45, 7) is 3.69. The van der Waals surface area contributed by atoms with E-state index in [4.69, 9.17) is 0 Å². The Morgan fingerprint density at radius 1 is 1.44 bits per heavy atom. The fourth-order valence-corrected chi connectivity index (χ4v) is 3.00. The van der Waals surface area contributed by atoms with Crippen molar-refractivity contribution >= 4 is 0 Å².